The summed E-state index contributed by atoms with van der Waals surface area (Å²) in [5.74, 6) is 1.32. The molecule has 0 amide bonds. The minimum atomic E-state index is 0.605. The normalized spacial score (nSPS) is 12.6. The number of pyridine rings is 1. The minimum absolute atomic E-state index is 0.605. The van der Waals surface area contributed by atoms with E-state index in [0.717, 1.165) is 36.0 Å². The van der Waals surface area contributed by atoms with Gasteiger partial charge in [0.1, 0.15) is 0 Å². The summed E-state index contributed by atoms with van der Waals surface area (Å²) in [5, 5.41) is 5.32. The number of halogens is 2. The van der Waals surface area contributed by atoms with Crippen molar-refractivity contribution in [1.29, 1.82) is 0 Å². The van der Waals surface area contributed by atoms with Crippen LogP contribution in [0.3, 0.4) is 0 Å². The first-order valence-corrected chi connectivity index (χ1v) is 7.50. The first kappa shape index (κ1) is 14.4. The van der Waals surface area contributed by atoms with Gasteiger partial charge in [0, 0.05) is 34.7 Å². The van der Waals surface area contributed by atoms with Crippen molar-refractivity contribution in [2.75, 3.05) is 17.7 Å². The van der Waals surface area contributed by atoms with Crippen LogP contribution in [0.15, 0.2) is 30.5 Å². The van der Waals surface area contributed by atoms with Crippen molar-refractivity contribution in [3.05, 3.63) is 35.5 Å². The monoisotopic (exact) mass is 296 g/mol. The van der Waals surface area contributed by atoms with E-state index in [2.05, 4.69) is 17.2 Å². The van der Waals surface area contributed by atoms with Crippen LogP contribution in [0, 0.1) is 5.92 Å². The third kappa shape index (κ3) is 3.74. The number of rotatable bonds is 6. The molecule has 1 aromatic heterocycles. The maximum absolute atomic E-state index is 5.99. The van der Waals surface area contributed by atoms with Crippen molar-refractivity contribution in [2.24, 2.45) is 5.92 Å². The van der Waals surface area contributed by atoms with Gasteiger partial charge in [0.25, 0.3) is 0 Å². The zero-order chi connectivity index (χ0) is 13.7. The number of nitrogens with one attached hydrogen (secondary N) is 1. The highest BCUT2D eigenvalue weighted by Gasteiger charge is 2.07. The quantitative estimate of drug-likeness (QED) is 0.763. The third-order valence-corrected chi connectivity index (χ3v) is 3.83. The van der Waals surface area contributed by atoms with Gasteiger partial charge in [-0.15, -0.1) is 11.6 Å². The van der Waals surface area contributed by atoms with Crippen LogP contribution in [0.1, 0.15) is 19.8 Å². The number of anilines is 1. The molecule has 0 saturated carbocycles. The fourth-order valence-electron chi connectivity index (χ4n) is 2.13. The fourth-order valence-corrected chi connectivity index (χ4v) is 2.61. The van der Waals surface area contributed by atoms with E-state index in [-0.39, 0.29) is 0 Å². The van der Waals surface area contributed by atoms with E-state index in [4.69, 9.17) is 23.2 Å². The Morgan fingerprint density at radius 1 is 1.32 bits per heavy atom. The van der Waals surface area contributed by atoms with Crippen LogP contribution < -0.4 is 5.32 Å². The molecule has 2 nitrogen and oxygen atoms in total. The highest BCUT2D eigenvalue weighted by molar-refractivity contribution is 6.31. The number of hydrogen-bond donors (Lipinski definition) is 1. The maximum Gasteiger partial charge on any atom is 0.0737 e. The van der Waals surface area contributed by atoms with Crippen LogP contribution >= 0.6 is 23.2 Å². The molecule has 1 atom stereocenters. The molecule has 1 heterocycles. The molecule has 4 heteroatoms. The standard InChI is InChI=1S/C15H18Cl2N2/c1-2-11(5-7-16)10-19-14-6-8-18-15-9-12(17)3-4-13(14)15/h3-4,6,8-9,11H,2,5,7,10H2,1H3,(H,18,19). The van der Waals surface area contributed by atoms with Gasteiger partial charge in [0.2, 0.25) is 0 Å². The maximum atomic E-state index is 5.99. The molecule has 0 bridgehead atoms. The SMILES string of the molecule is CCC(CCCl)CNc1ccnc2cc(Cl)ccc12. The van der Waals surface area contributed by atoms with Crippen LogP contribution in [-0.4, -0.2) is 17.4 Å². The minimum Gasteiger partial charge on any atom is -0.384 e. The predicted octanol–water partition coefficient (Wildman–Crippen LogP) is 4.96. The third-order valence-electron chi connectivity index (χ3n) is 3.38. The highest BCUT2D eigenvalue weighted by atomic mass is 35.5. The molecule has 0 spiro atoms. The Morgan fingerprint density at radius 2 is 2.16 bits per heavy atom. The molecule has 102 valence electrons. The van der Waals surface area contributed by atoms with Gasteiger partial charge in [-0.2, -0.15) is 0 Å². The van der Waals surface area contributed by atoms with Gasteiger partial charge in [-0.25, -0.2) is 0 Å². The molecule has 0 aliphatic heterocycles. The Balaban J connectivity index is 2.16. The highest BCUT2D eigenvalue weighted by Crippen LogP contribution is 2.25. The second kappa shape index (κ2) is 6.97. The van der Waals surface area contributed by atoms with Crippen LogP contribution in [0.2, 0.25) is 5.02 Å². The van der Waals surface area contributed by atoms with E-state index < -0.39 is 0 Å². The molecule has 1 N–H and O–H groups in total. The van der Waals surface area contributed by atoms with Gasteiger partial charge in [-0.1, -0.05) is 24.9 Å². The summed E-state index contributed by atoms with van der Waals surface area (Å²) >= 11 is 11.8. The number of hydrogen-bond acceptors (Lipinski definition) is 2. The summed E-state index contributed by atoms with van der Waals surface area (Å²) in [5.41, 5.74) is 2.03. The summed E-state index contributed by atoms with van der Waals surface area (Å²) in [6.07, 6.45) is 3.98. The van der Waals surface area contributed by atoms with E-state index >= 15 is 0 Å². The molecule has 2 aromatic rings. The Labute approximate surface area is 124 Å². The van der Waals surface area contributed by atoms with Crippen molar-refractivity contribution in [1.82, 2.24) is 4.98 Å². The first-order valence-electron chi connectivity index (χ1n) is 6.58. The van der Waals surface area contributed by atoms with Gasteiger partial charge in [0.05, 0.1) is 5.52 Å². The van der Waals surface area contributed by atoms with Crippen LogP contribution in [0.5, 0.6) is 0 Å². The van der Waals surface area contributed by atoms with E-state index in [1.165, 1.54) is 0 Å². The van der Waals surface area contributed by atoms with Crippen molar-refractivity contribution in [2.45, 2.75) is 19.8 Å². The van der Waals surface area contributed by atoms with Crippen molar-refractivity contribution in [3.63, 3.8) is 0 Å². The van der Waals surface area contributed by atoms with Crippen molar-refractivity contribution in [3.8, 4) is 0 Å². The lowest BCUT2D eigenvalue weighted by molar-refractivity contribution is 0.522. The van der Waals surface area contributed by atoms with Gasteiger partial charge in [-0.3, -0.25) is 4.98 Å². The lowest BCUT2D eigenvalue weighted by Gasteiger charge is -2.16. The van der Waals surface area contributed by atoms with E-state index in [0.29, 0.717) is 16.8 Å². The molecular weight excluding hydrogens is 279 g/mol. The summed E-state index contributed by atoms with van der Waals surface area (Å²) in [6, 6.07) is 7.80. The van der Waals surface area contributed by atoms with Gasteiger partial charge in [0.15, 0.2) is 0 Å². The van der Waals surface area contributed by atoms with E-state index in [1.54, 1.807) is 0 Å². The Morgan fingerprint density at radius 3 is 2.89 bits per heavy atom. The molecule has 0 saturated heterocycles. The first-order chi connectivity index (χ1) is 9.24. The fraction of sp³-hybridized carbons (Fsp3) is 0.400. The zero-order valence-electron chi connectivity index (χ0n) is 11.0. The average molecular weight is 297 g/mol. The molecule has 19 heavy (non-hydrogen) atoms. The Bertz CT molecular complexity index is 543. The van der Waals surface area contributed by atoms with E-state index in [9.17, 15) is 0 Å². The van der Waals surface area contributed by atoms with Gasteiger partial charge < -0.3 is 5.32 Å². The smallest absolute Gasteiger partial charge is 0.0737 e. The number of aromatic nitrogens is 1. The summed E-state index contributed by atoms with van der Waals surface area (Å²) < 4.78 is 0. The molecule has 0 fully saturated rings. The number of nitrogens with zero attached hydrogens (tertiary/aromatic N) is 1. The largest absolute Gasteiger partial charge is 0.384 e. The topological polar surface area (TPSA) is 24.9 Å². The Hall–Kier alpha value is -0.990. The molecule has 2 rings (SSSR count). The van der Waals surface area contributed by atoms with Crippen LogP contribution in [0.25, 0.3) is 10.9 Å². The summed E-state index contributed by atoms with van der Waals surface area (Å²) in [4.78, 5) is 4.34. The van der Waals surface area contributed by atoms with Crippen molar-refractivity contribution >= 4 is 39.8 Å². The summed E-state index contributed by atoms with van der Waals surface area (Å²) in [7, 11) is 0. The Kier molecular flexibility index (Phi) is 5.29. The van der Waals surface area contributed by atoms with Gasteiger partial charge in [-0.05, 0) is 36.6 Å². The lowest BCUT2D eigenvalue weighted by Crippen LogP contribution is -2.14. The summed E-state index contributed by atoms with van der Waals surface area (Å²) in [6.45, 7) is 3.13. The zero-order valence-corrected chi connectivity index (χ0v) is 12.5. The number of fused-ring (bicyclic) bond motifs is 1. The van der Waals surface area contributed by atoms with Crippen molar-refractivity contribution < 1.29 is 0 Å². The number of benzene rings is 1. The molecule has 0 aliphatic rings. The van der Waals surface area contributed by atoms with Crippen LogP contribution in [-0.2, 0) is 0 Å². The molecular formula is C15H18Cl2N2. The molecule has 0 radical (unpaired) electrons. The second-order valence-corrected chi connectivity index (χ2v) is 5.47. The average Bonchev–Trinajstić information content (AvgIpc) is 2.43. The number of alkyl halides is 1. The second-order valence-electron chi connectivity index (χ2n) is 4.65. The van der Waals surface area contributed by atoms with E-state index in [1.807, 2.05) is 30.5 Å². The van der Waals surface area contributed by atoms with Crippen LogP contribution in [0.4, 0.5) is 5.69 Å². The lowest BCUT2D eigenvalue weighted by atomic mass is 10.0. The predicted molar refractivity (Wildman–Crippen MR) is 84.4 cm³/mol. The molecule has 1 unspecified atom stereocenters. The van der Waals surface area contributed by atoms with Gasteiger partial charge >= 0.3 is 0 Å². The molecule has 0 aliphatic carbocycles. The molecule has 1 aromatic carbocycles.